The van der Waals surface area contributed by atoms with Crippen molar-refractivity contribution in [3.8, 4) is 11.5 Å². The molecule has 2 heteroatoms. The van der Waals surface area contributed by atoms with E-state index in [0.29, 0.717) is 5.89 Å². The number of hydrogen-bond donors (Lipinski definition) is 0. The Morgan fingerprint density at radius 1 is 1.19 bits per heavy atom. The van der Waals surface area contributed by atoms with E-state index in [1.54, 1.807) is 6.20 Å². The quantitative estimate of drug-likeness (QED) is 0.720. The molecule has 0 N–H and O–H groups in total. The Bertz CT molecular complexity index is 491. The summed E-state index contributed by atoms with van der Waals surface area (Å²) >= 11 is 0. The molecule has 1 aromatic carbocycles. The fraction of sp³-hybridized carbons (Fsp3) is 0.357. The summed E-state index contributed by atoms with van der Waals surface area (Å²) in [6.45, 7) is 8.51. The minimum absolute atomic E-state index is 0.150. The van der Waals surface area contributed by atoms with Crippen LogP contribution in [0.1, 0.15) is 32.1 Å². The number of nitrogens with zero attached hydrogens (tertiary/aromatic N) is 1. The van der Waals surface area contributed by atoms with Crippen LogP contribution in [0.25, 0.3) is 11.5 Å². The molecule has 0 saturated carbocycles. The first-order chi connectivity index (χ1) is 7.47. The van der Waals surface area contributed by atoms with Gasteiger partial charge >= 0.3 is 0 Å². The second-order valence-electron chi connectivity index (χ2n) is 5.11. The van der Waals surface area contributed by atoms with E-state index in [-0.39, 0.29) is 5.41 Å². The molecule has 0 fully saturated rings. The fourth-order valence-corrected chi connectivity index (χ4v) is 1.61. The molecule has 84 valence electrons. The van der Waals surface area contributed by atoms with Crippen LogP contribution in [-0.4, -0.2) is 4.98 Å². The highest BCUT2D eigenvalue weighted by Crippen LogP contribution is 2.27. The molecule has 0 spiro atoms. The molecule has 0 aliphatic carbocycles. The molecule has 2 rings (SSSR count). The Kier molecular flexibility index (Phi) is 2.58. The summed E-state index contributed by atoms with van der Waals surface area (Å²) in [5.41, 5.74) is 2.49. The maximum atomic E-state index is 5.53. The molecule has 0 saturated heterocycles. The third-order valence-corrected chi connectivity index (χ3v) is 2.60. The molecular formula is C14H17NO. The summed E-state index contributed by atoms with van der Waals surface area (Å²) in [5, 5.41) is 0. The van der Waals surface area contributed by atoms with Crippen molar-refractivity contribution < 1.29 is 4.42 Å². The van der Waals surface area contributed by atoms with Gasteiger partial charge in [0, 0.05) is 5.56 Å². The molecule has 0 aliphatic rings. The lowest BCUT2D eigenvalue weighted by molar-refractivity contribution is 0.541. The summed E-state index contributed by atoms with van der Waals surface area (Å²) in [7, 11) is 0. The minimum atomic E-state index is 0.150. The average Bonchev–Trinajstić information content (AvgIpc) is 2.64. The van der Waals surface area contributed by atoms with Gasteiger partial charge in [0.05, 0.1) is 6.20 Å². The number of aromatic nitrogens is 1. The van der Waals surface area contributed by atoms with Gasteiger partial charge < -0.3 is 4.42 Å². The van der Waals surface area contributed by atoms with Crippen LogP contribution in [-0.2, 0) is 5.41 Å². The van der Waals surface area contributed by atoms with E-state index in [2.05, 4.69) is 44.0 Å². The maximum Gasteiger partial charge on any atom is 0.226 e. The molecule has 2 aromatic rings. The maximum absolute atomic E-state index is 5.53. The Morgan fingerprint density at radius 2 is 1.94 bits per heavy atom. The van der Waals surface area contributed by atoms with Crippen LogP contribution >= 0.6 is 0 Å². The van der Waals surface area contributed by atoms with E-state index < -0.39 is 0 Å². The number of benzene rings is 1. The smallest absolute Gasteiger partial charge is 0.226 e. The molecule has 0 aliphatic heterocycles. The zero-order chi connectivity index (χ0) is 11.8. The number of aryl methyl sites for hydroxylation is 1. The van der Waals surface area contributed by atoms with Gasteiger partial charge in [0.15, 0.2) is 0 Å². The van der Waals surface area contributed by atoms with Crippen molar-refractivity contribution in [1.29, 1.82) is 0 Å². The number of hydrogen-bond acceptors (Lipinski definition) is 2. The van der Waals surface area contributed by atoms with Crippen molar-refractivity contribution in [2.75, 3.05) is 0 Å². The van der Waals surface area contributed by atoms with Crippen LogP contribution in [0.3, 0.4) is 0 Å². The van der Waals surface area contributed by atoms with Gasteiger partial charge in [-0.05, 0) is 30.0 Å². The fourth-order valence-electron chi connectivity index (χ4n) is 1.61. The summed E-state index contributed by atoms with van der Waals surface area (Å²) in [6.07, 6.45) is 1.75. The number of rotatable bonds is 1. The van der Waals surface area contributed by atoms with E-state index in [4.69, 9.17) is 4.42 Å². The van der Waals surface area contributed by atoms with E-state index >= 15 is 0 Å². The second-order valence-corrected chi connectivity index (χ2v) is 5.11. The molecule has 0 bridgehead atoms. The first-order valence-corrected chi connectivity index (χ1v) is 5.50. The van der Waals surface area contributed by atoms with Crippen molar-refractivity contribution in [2.45, 2.75) is 33.1 Å². The lowest BCUT2D eigenvalue weighted by atomic mass is 9.86. The van der Waals surface area contributed by atoms with Gasteiger partial charge in [-0.2, -0.15) is 0 Å². The van der Waals surface area contributed by atoms with Gasteiger partial charge in [-0.25, -0.2) is 4.98 Å². The highest BCUT2D eigenvalue weighted by molar-refractivity contribution is 5.55. The standard InChI is InChI=1S/C14H17NO/c1-10-9-15-13(16-10)11-6-5-7-12(8-11)14(2,3)4/h5-9H,1-4H3. The van der Waals surface area contributed by atoms with Crippen LogP contribution in [0.2, 0.25) is 0 Å². The van der Waals surface area contributed by atoms with Crippen LogP contribution < -0.4 is 0 Å². The first-order valence-electron chi connectivity index (χ1n) is 5.50. The van der Waals surface area contributed by atoms with Crippen molar-refractivity contribution in [1.82, 2.24) is 4.98 Å². The molecule has 1 aromatic heterocycles. The van der Waals surface area contributed by atoms with Gasteiger partial charge in [0.2, 0.25) is 5.89 Å². The average molecular weight is 215 g/mol. The van der Waals surface area contributed by atoms with E-state index in [9.17, 15) is 0 Å². The second kappa shape index (κ2) is 3.78. The summed E-state index contributed by atoms with van der Waals surface area (Å²) in [4.78, 5) is 4.24. The topological polar surface area (TPSA) is 26.0 Å². The number of oxazole rings is 1. The lowest BCUT2D eigenvalue weighted by Gasteiger charge is -2.19. The third kappa shape index (κ3) is 2.16. The molecule has 0 amide bonds. The van der Waals surface area contributed by atoms with Crippen molar-refractivity contribution in [3.05, 3.63) is 41.8 Å². The van der Waals surface area contributed by atoms with Gasteiger partial charge in [-0.3, -0.25) is 0 Å². The largest absolute Gasteiger partial charge is 0.441 e. The first kappa shape index (κ1) is 10.9. The van der Waals surface area contributed by atoms with E-state index in [0.717, 1.165) is 11.3 Å². The zero-order valence-corrected chi connectivity index (χ0v) is 10.2. The summed E-state index contributed by atoms with van der Waals surface area (Å²) < 4.78 is 5.53. The van der Waals surface area contributed by atoms with Gasteiger partial charge in [0.1, 0.15) is 5.76 Å². The highest BCUT2D eigenvalue weighted by Gasteiger charge is 2.15. The highest BCUT2D eigenvalue weighted by atomic mass is 16.4. The van der Waals surface area contributed by atoms with Crippen molar-refractivity contribution in [2.24, 2.45) is 0 Å². The predicted octanol–water partition coefficient (Wildman–Crippen LogP) is 3.95. The van der Waals surface area contributed by atoms with Crippen molar-refractivity contribution in [3.63, 3.8) is 0 Å². The summed E-state index contributed by atoms with van der Waals surface area (Å²) in [6, 6.07) is 8.36. The van der Waals surface area contributed by atoms with Crippen LogP contribution in [0.4, 0.5) is 0 Å². The third-order valence-electron chi connectivity index (χ3n) is 2.60. The summed E-state index contributed by atoms with van der Waals surface area (Å²) in [5.74, 6) is 1.54. The van der Waals surface area contributed by atoms with Gasteiger partial charge in [-0.1, -0.05) is 32.9 Å². The Hall–Kier alpha value is -1.57. The molecule has 1 heterocycles. The molecule has 0 unspecified atom stereocenters. The molecule has 16 heavy (non-hydrogen) atoms. The van der Waals surface area contributed by atoms with Gasteiger partial charge in [0.25, 0.3) is 0 Å². The minimum Gasteiger partial charge on any atom is -0.441 e. The monoisotopic (exact) mass is 215 g/mol. The van der Waals surface area contributed by atoms with E-state index in [1.165, 1.54) is 5.56 Å². The molecule has 2 nitrogen and oxygen atoms in total. The lowest BCUT2D eigenvalue weighted by Crippen LogP contribution is -2.10. The van der Waals surface area contributed by atoms with Gasteiger partial charge in [-0.15, -0.1) is 0 Å². The zero-order valence-electron chi connectivity index (χ0n) is 10.2. The normalized spacial score (nSPS) is 11.8. The van der Waals surface area contributed by atoms with Crippen LogP contribution in [0.15, 0.2) is 34.9 Å². The molecule has 0 atom stereocenters. The SMILES string of the molecule is Cc1cnc(-c2cccc(C(C)(C)C)c2)o1. The Balaban J connectivity index is 2.44. The molecule has 0 radical (unpaired) electrons. The van der Waals surface area contributed by atoms with Crippen LogP contribution in [0, 0.1) is 6.92 Å². The Morgan fingerprint density at radius 3 is 2.50 bits per heavy atom. The predicted molar refractivity (Wildman–Crippen MR) is 65.4 cm³/mol. The molecular weight excluding hydrogens is 198 g/mol. The van der Waals surface area contributed by atoms with Crippen molar-refractivity contribution >= 4 is 0 Å². The Labute approximate surface area is 96.3 Å². The van der Waals surface area contributed by atoms with Crippen LogP contribution in [0.5, 0.6) is 0 Å². The van der Waals surface area contributed by atoms with E-state index in [1.807, 2.05) is 13.0 Å².